The lowest BCUT2D eigenvalue weighted by molar-refractivity contribution is 0.175. The van der Waals surface area contributed by atoms with E-state index < -0.39 is 6.09 Å². The molecule has 1 aliphatic rings. The van der Waals surface area contributed by atoms with Gasteiger partial charge in [-0.25, -0.2) is 4.79 Å². The first-order valence-corrected chi connectivity index (χ1v) is 8.16. The number of benzene rings is 2. The van der Waals surface area contributed by atoms with Gasteiger partial charge in [-0.1, -0.05) is 49.7 Å². The van der Waals surface area contributed by atoms with Crippen LogP contribution in [0.25, 0.3) is 11.1 Å². The van der Waals surface area contributed by atoms with Crippen LogP contribution in [0.2, 0.25) is 5.02 Å². The number of ether oxygens (including phenoxy) is 1. The Balaban J connectivity index is 1.99. The number of amides is 1. The van der Waals surface area contributed by atoms with Crippen molar-refractivity contribution in [3.63, 3.8) is 0 Å². The molecule has 4 nitrogen and oxygen atoms in total. The number of hydrogen-bond acceptors (Lipinski definition) is 2. The second-order valence-electron chi connectivity index (χ2n) is 6.81. The molecular weight excluding hydrogens is 326 g/mol. The number of hydrogen-bond donors (Lipinski definition) is 2. The van der Waals surface area contributed by atoms with E-state index in [0.717, 1.165) is 23.1 Å². The van der Waals surface area contributed by atoms with Gasteiger partial charge < -0.3 is 15.2 Å². The first-order valence-electron chi connectivity index (χ1n) is 7.78. The molecule has 5 heteroatoms. The van der Waals surface area contributed by atoms with Crippen LogP contribution < -0.4 is 10.1 Å². The van der Waals surface area contributed by atoms with Gasteiger partial charge in [0.25, 0.3) is 0 Å². The average molecular weight is 346 g/mol. The summed E-state index contributed by atoms with van der Waals surface area (Å²) in [4.78, 5) is 11.1. The van der Waals surface area contributed by atoms with Crippen LogP contribution in [0.4, 0.5) is 4.79 Å². The van der Waals surface area contributed by atoms with Crippen LogP contribution in [0.5, 0.6) is 5.75 Å². The van der Waals surface area contributed by atoms with Crippen molar-refractivity contribution in [1.29, 1.82) is 0 Å². The van der Waals surface area contributed by atoms with Gasteiger partial charge in [-0.05, 0) is 46.2 Å². The van der Waals surface area contributed by atoms with Crippen molar-refractivity contribution in [2.45, 2.75) is 26.3 Å². The number of carbonyl (C=O) groups is 1. The highest BCUT2D eigenvalue weighted by atomic mass is 35.5. The molecule has 3 rings (SSSR count). The Kier molecular flexibility index (Phi) is 4.18. The van der Waals surface area contributed by atoms with E-state index >= 15 is 0 Å². The lowest BCUT2D eigenvalue weighted by atomic mass is 9.85. The molecule has 126 valence electrons. The van der Waals surface area contributed by atoms with Crippen LogP contribution in [-0.2, 0) is 6.42 Å². The maximum atomic E-state index is 11.1. The maximum Gasteiger partial charge on any atom is 0.405 e. The molecule has 0 fully saturated rings. The second kappa shape index (κ2) is 6.02. The number of carboxylic acid groups (broad SMARTS) is 1. The second-order valence-corrected chi connectivity index (χ2v) is 7.22. The number of nitrogens with one attached hydrogen (secondary N) is 1. The van der Waals surface area contributed by atoms with E-state index in [-0.39, 0.29) is 11.5 Å². The Hall–Kier alpha value is -2.20. The topological polar surface area (TPSA) is 58.6 Å². The molecule has 1 atom stereocenters. The molecular formula is C19H20ClNO3. The number of methoxy groups -OCH3 is 1. The summed E-state index contributed by atoms with van der Waals surface area (Å²) < 4.78 is 5.19. The standard InChI is InChI=1S/C19H20ClNO3/c1-19(2)10-13-8-11(4-6-14(13)17(19)21-18(22)23)12-5-7-16(24-3)15(20)9-12/h4-9,17,21H,10H2,1-3H3,(H,22,23). The zero-order chi connectivity index (χ0) is 17.5. The van der Waals surface area contributed by atoms with E-state index in [9.17, 15) is 4.79 Å². The summed E-state index contributed by atoms with van der Waals surface area (Å²) in [5.74, 6) is 0.647. The molecule has 0 bridgehead atoms. The van der Waals surface area contributed by atoms with Crippen molar-refractivity contribution in [2.75, 3.05) is 7.11 Å². The highest BCUT2D eigenvalue weighted by Gasteiger charge is 2.39. The molecule has 1 aliphatic carbocycles. The molecule has 1 amide bonds. The predicted octanol–water partition coefficient (Wildman–Crippen LogP) is 4.91. The van der Waals surface area contributed by atoms with Gasteiger partial charge in [0.2, 0.25) is 0 Å². The highest BCUT2D eigenvalue weighted by molar-refractivity contribution is 6.32. The van der Waals surface area contributed by atoms with Crippen LogP contribution in [0.15, 0.2) is 36.4 Å². The van der Waals surface area contributed by atoms with E-state index in [1.54, 1.807) is 7.11 Å². The Bertz CT molecular complexity index is 801. The predicted molar refractivity (Wildman–Crippen MR) is 94.8 cm³/mol. The van der Waals surface area contributed by atoms with Crippen molar-refractivity contribution in [2.24, 2.45) is 5.41 Å². The molecule has 0 spiro atoms. The minimum Gasteiger partial charge on any atom is -0.495 e. The van der Waals surface area contributed by atoms with Crippen molar-refractivity contribution in [1.82, 2.24) is 5.32 Å². The van der Waals surface area contributed by atoms with Gasteiger partial charge in [-0.2, -0.15) is 0 Å². The molecule has 2 N–H and O–H groups in total. The Morgan fingerprint density at radius 3 is 2.54 bits per heavy atom. The summed E-state index contributed by atoms with van der Waals surface area (Å²) in [7, 11) is 1.59. The van der Waals surface area contributed by atoms with Crippen molar-refractivity contribution in [3.05, 3.63) is 52.5 Å². The van der Waals surface area contributed by atoms with Gasteiger partial charge in [0.15, 0.2) is 0 Å². The van der Waals surface area contributed by atoms with Gasteiger partial charge in [0, 0.05) is 0 Å². The summed E-state index contributed by atoms with van der Waals surface area (Å²) >= 11 is 6.22. The molecule has 0 saturated carbocycles. The van der Waals surface area contributed by atoms with Crippen molar-refractivity contribution >= 4 is 17.7 Å². The van der Waals surface area contributed by atoms with Gasteiger partial charge in [-0.15, -0.1) is 0 Å². The fourth-order valence-corrected chi connectivity index (χ4v) is 3.73. The van der Waals surface area contributed by atoms with E-state index in [2.05, 4.69) is 25.2 Å². The van der Waals surface area contributed by atoms with Gasteiger partial charge in [0.1, 0.15) is 5.75 Å². The van der Waals surface area contributed by atoms with Crippen LogP contribution in [0.1, 0.15) is 31.0 Å². The number of fused-ring (bicyclic) bond motifs is 1. The fourth-order valence-electron chi connectivity index (χ4n) is 3.48. The average Bonchev–Trinajstić information content (AvgIpc) is 2.76. The Labute approximate surface area is 146 Å². The molecule has 0 saturated heterocycles. The van der Waals surface area contributed by atoms with Gasteiger partial charge >= 0.3 is 6.09 Å². The third-order valence-corrected chi connectivity index (χ3v) is 4.93. The van der Waals surface area contributed by atoms with Crippen LogP contribution in [0, 0.1) is 5.41 Å². The minimum absolute atomic E-state index is 0.156. The third kappa shape index (κ3) is 2.94. The minimum atomic E-state index is -0.994. The molecule has 2 aromatic carbocycles. The van der Waals surface area contributed by atoms with E-state index in [0.29, 0.717) is 10.8 Å². The van der Waals surface area contributed by atoms with E-state index in [4.69, 9.17) is 21.4 Å². The SMILES string of the molecule is COc1ccc(-c2ccc3c(c2)CC(C)(C)C3NC(=O)O)cc1Cl. The first kappa shape index (κ1) is 16.7. The molecule has 2 aromatic rings. The molecule has 0 heterocycles. The summed E-state index contributed by atoms with van der Waals surface area (Å²) in [5, 5.41) is 12.3. The summed E-state index contributed by atoms with van der Waals surface area (Å²) in [6.07, 6.45) is -0.169. The molecule has 0 radical (unpaired) electrons. The Morgan fingerprint density at radius 2 is 1.92 bits per heavy atom. The molecule has 0 aromatic heterocycles. The lowest BCUT2D eigenvalue weighted by Crippen LogP contribution is -2.34. The van der Waals surface area contributed by atoms with Crippen LogP contribution in [-0.4, -0.2) is 18.3 Å². The molecule has 0 aliphatic heterocycles. The molecule has 24 heavy (non-hydrogen) atoms. The van der Waals surface area contributed by atoms with Crippen LogP contribution >= 0.6 is 11.6 Å². The van der Waals surface area contributed by atoms with Gasteiger partial charge in [-0.3, -0.25) is 0 Å². The number of rotatable bonds is 3. The fraction of sp³-hybridized carbons (Fsp3) is 0.316. The van der Waals surface area contributed by atoms with Crippen LogP contribution in [0.3, 0.4) is 0 Å². The van der Waals surface area contributed by atoms with Gasteiger partial charge in [0.05, 0.1) is 18.2 Å². The highest BCUT2D eigenvalue weighted by Crippen LogP contribution is 2.46. The first-order chi connectivity index (χ1) is 11.3. The van der Waals surface area contributed by atoms with Crippen molar-refractivity contribution in [3.8, 4) is 16.9 Å². The molecule has 1 unspecified atom stereocenters. The smallest absolute Gasteiger partial charge is 0.405 e. The zero-order valence-electron chi connectivity index (χ0n) is 13.9. The van der Waals surface area contributed by atoms with E-state index in [1.807, 2.05) is 30.3 Å². The van der Waals surface area contributed by atoms with Crippen molar-refractivity contribution < 1.29 is 14.6 Å². The van der Waals surface area contributed by atoms with E-state index in [1.165, 1.54) is 5.56 Å². The quantitative estimate of drug-likeness (QED) is 0.831. The number of halogens is 1. The Morgan fingerprint density at radius 1 is 1.25 bits per heavy atom. The monoisotopic (exact) mass is 345 g/mol. The summed E-state index contributed by atoms with van der Waals surface area (Å²) in [6, 6.07) is 11.7. The summed E-state index contributed by atoms with van der Waals surface area (Å²) in [6.45, 7) is 4.16. The zero-order valence-corrected chi connectivity index (χ0v) is 14.6. The normalized spacial score (nSPS) is 18.1. The summed E-state index contributed by atoms with van der Waals surface area (Å²) in [5.41, 5.74) is 4.13. The lowest BCUT2D eigenvalue weighted by Gasteiger charge is -2.27. The largest absolute Gasteiger partial charge is 0.495 e. The third-order valence-electron chi connectivity index (χ3n) is 4.63. The maximum absolute atomic E-state index is 11.1.